The van der Waals surface area contributed by atoms with Crippen molar-refractivity contribution in [2.45, 2.75) is 6.54 Å². The lowest BCUT2D eigenvalue weighted by Gasteiger charge is -2.08. The molecule has 0 aliphatic rings. The summed E-state index contributed by atoms with van der Waals surface area (Å²) < 4.78 is 1.68. The van der Waals surface area contributed by atoms with Gasteiger partial charge in [-0.2, -0.15) is 4.98 Å². The van der Waals surface area contributed by atoms with Crippen molar-refractivity contribution in [3.05, 3.63) is 64.0 Å². The molecule has 0 unspecified atom stereocenters. The fraction of sp³-hybridized carbons (Fsp3) is 0.0625. The lowest BCUT2D eigenvalue weighted by Crippen LogP contribution is -2.23. The van der Waals surface area contributed by atoms with Gasteiger partial charge in [0.1, 0.15) is 5.82 Å². The van der Waals surface area contributed by atoms with Gasteiger partial charge >= 0.3 is 5.69 Å². The summed E-state index contributed by atoms with van der Waals surface area (Å²) >= 11 is 1.69. The van der Waals surface area contributed by atoms with Crippen LogP contribution < -0.4 is 11.0 Å². The van der Waals surface area contributed by atoms with Crippen LogP contribution in [0.4, 0.5) is 5.82 Å². The summed E-state index contributed by atoms with van der Waals surface area (Å²) in [6, 6.07) is 13.8. The molecule has 3 heterocycles. The van der Waals surface area contributed by atoms with Gasteiger partial charge in [-0.1, -0.05) is 18.2 Å². The van der Waals surface area contributed by atoms with E-state index in [0.29, 0.717) is 22.5 Å². The first-order valence-electron chi connectivity index (χ1n) is 7.01. The number of nitrogens with one attached hydrogen (secondary N) is 1. The smallest absolute Gasteiger partial charge is 0.384 e. The van der Waals surface area contributed by atoms with Crippen molar-refractivity contribution in [2.24, 2.45) is 0 Å². The molecule has 7 heteroatoms. The van der Waals surface area contributed by atoms with Crippen molar-refractivity contribution >= 4 is 38.3 Å². The van der Waals surface area contributed by atoms with E-state index in [1.165, 1.54) is 16.3 Å². The van der Waals surface area contributed by atoms with Gasteiger partial charge in [0, 0.05) is 15.8 Å². The van der Waals surface area contributed by atoms with E-state index in [-0.39, 0.29) is 5.65 Å². The van der Waals surface area contributed by atoms with Crippen molar-refractivity contribution in [1.82, 2.24) is 14.7 Å². The van der Waals surface area contributed by atoms with Crippen molar-refractivity contribution in [1.29, 1.82) is 0 Å². The number of nitrogens with zero attached hydrogens (tertiary/aromatic N) is 3. The van der Waals surface area contributed by atoms with Gasteiger partial charge in [0.15, 0.2) is 5.65 Å². The van der Waals surface area contributed by atoms with Crippen LogP contribution in [0.5, 0.6) is 0 Å². The van der Waals surface area contributed by atoms with Gasteiger partial charge in [-0.05, 0) is 29.7 Å². The van der Waals surface area contributed by atoms with Gasteiger partial charge in [-0.3, -0.25) is 0 Å². The average molecular weight is 324 g/mol. The summed E-state index contributed by atoms with van der Waals surface area (Å²) in [7, 11) is 0. The number of benzene rings is 1. The Morgan fingerprint density at radius 2 is 2.09 bits per heavy atom. The fourth-order valence-electron chi connectivity index (χ4n) is 2.47. The molecule has 23 heavy (non-hydrogen) atoms. The molecule has 114 valence electrons. The maximum atomic E-state index is 11.7. The Labute approximate surface area is 134 Å². The number of aromatic nitrogens is 3. The highest BCUT2D eigenvalue weighted by Crippen LogP contribution is 2.26. The Bertz CT molecular complexity index is 1040. The monoisotopic (exact) mass is 324 g/mol. The van der Waals surface area contributed by atoms with E-state index in [9.17, 15) is 10.0 Å². The summed E-state index contributed by atoms with van der Waals surface area (Å²) in [4.78, 5) is 20.8. The molecular formula is C16H12N4O2S. The second-order valence-corrected chi connectivity index (χ2v) is 6.20. The zero-order valence-corrected chi connectivity index (χ0v) is 12.7. The molecule has 1 aromatic carbocycles. The SMILES string of the molecule is O=c1nc(NCc2cc3ccccc3s2)c2cccnc2n1O. The molecule has 0 amide bonds. The van der Waals surface area contributed by atoms with Gasteiger partial charge < -0.3 is 10.5 Å². The van der Waals surface area contributed by atoms with Crippen molar-refractivity contribution < 1.29 is 5.21 Å². The Morgan fingerprint density at radius 1 is 1.22 bits per heavy atom. The van der Waals surface area contributed by atoms with Crippen LogP contribution in [0.3, 0.4) is 0 Å². The summed E-state index contributed by atoms with van der Waals surface area (Å²) in [5, 5.41) is 14.7. The summed E-state index contributed by atoms with van der Waals surface area (Å²) in [6.45, 7) is 0.547. The molecule has 0 saturated heterocycles. The second-order valence-electron chi connectivity index (χ2n) is 5.03. The van der Waals surface area contributed by atoms with E-state index in [0.717, 1.165) is 4.88 Å². The molecule has 0 aliphatic carbocycles. The van der Waals surface area contributed by atoms with Crippen LogP contribution in [0.25, 0.3) is 21.1 Å². The minimum atomic E-state index is -0.755. The molecule has 0 spiro atoms. The minimum Gasteiger partial charge on any atom is -0.422 e. The van der Waals surface area contributed by atoms with Crippen LogP contribution in [0.1, 0.15) is 4.88 Å². The molecule has 6 nitrogen and oxygen atoms in total. The average Bonchev–Trinajstić information content (AvgIpc) is 3.00. The van der Waals surface area contributed by atoms with Crippen LogP contribution in [0, 0.1) is 0 Å². The topological polar surface area (TPSA) is 80.0 Å². The molecule has 0 atom stereocenters. The number of rotatable bonds is 3. The zero-order valence-electron chi connectivity index (χ0n) is 11.9. The van der Waals surface area contributed by atoms with E-state index in [4.69, 9.17) is 0 Å². The normalized spacial score (nSPS) is 11.1. The first-order valence-corrected chi connectivity index (χ1v) is 7.82. The quantitative estimate of drug-likeness (QED) is 0.566. The Balaban J connectivity index is 1.70. The maximum Gasteiger partial charge on any atom is 0.384 e. The highest BCUT2D eigenvalue weighted by molar-refractivity contribution is 7.19. The first kappa shape index (κ1) is 13.7. The van der Waals surface area contributed by atoms with E-state index in [2.05, 4.69) is 33.5 Å². The third-order valence-corrected chi connectivity index (χ3v) is 4.65. The number of hydrogen-bond acceptors (Lipinski definition) is 6. The molecule has 0 saturated carbocycles. The largest absolute Gasteiger partial charge is 0.422 e. The lowest BCUT2D eigenvalue weighted by molar-refractivity contribution is 0.182. The van der Waals surface area contributed by atoms with E-state index >= 15 is 0 Å². The van der Waals surface area contributed by atoms with E-state index in [1.807, 2.05) is 12.1 Å². The van der Waals surface area contributed by atoms with E-state index < -0.39 is 5.69 Å². The van der Waals surface area contributed by atoms with Gasteiger partial charge in [0.05, 0.1) is 11.9 Å². The number of pyridine rings is 1. The highest BCUT2D eigenvalue weighted by Gasteiger charge is 2.10. The van der Waals surface area contributed by atoms with Crippen molar-refractivity contribution in [3.63, 3.8) is 0 Å². The van der Waals surface area contributed by atoms with Crippen LogP contribution >= 0.6 is 11.3 Å². The second kappa shape index (κ2) is 5.36. The molecule has 3 aromatic heterocycles. The molecule has 0 radical (unpaired) electrons. The predicted molar refractivity (Wildman–Crippen MR) is 90.1 cm³/mol. The Morgan fingerprint density at radius 3 is 2.96 bits per heavy atom. The molecule has 0 bridgehead atoms. The molecule has 4 rings (SSSR count). The number of thiophene rings is 1. The van der Waals surface area contributed by atoms with Gasteiger partial charge in [0.25, 0.3) is 0 Å². The van der Waals surface area contributed by atoms with Gasteiger partial charge in [-0.25, -0.2) is 9.78 Å². The third-order valence-electron chi connectivity index (χ3n) is 3.54. The van der Waals surface area contributed by atoms with Gasteiger partial charge in [-0.15, -0.1) is 16.1 Å². The standard InChI is InChI=1S/C16H12N4O2S/c21-16-19-14(12-5-3-7-17-15(12)20(16)22)18-9-11-8-10-4-1-2-6-13(10)23-11/h1-8,22H,9H2,(H,18,19,21). The first-order chi connectivity index (χ1) is 11.2. The van der Waals surface area contributed by atoms with Gasteiger partial charge in [0.2, 0.25) is 0 Å². The Hall–Kier alpha value is -2.93. The number of fused-ring (bicyclic) bond motifs is 2. The summed E-state index contributed by atoms with van der Waals surface area (Å²) in [5.41, 5.74) is -0.568. The highest BCUT2D eigenvalue weighted by atomic mass is 32.1. The third kappa shape index (κ3) is 2.40. The summed E-state index contributed by atoms with van der Waals surface area (Å²) in [5.74, 6) is 0.417. The maximum absolute atomic E-state index is 11.7. The molecule has 0 fully saturated rings. The molecule has 4 aromatic rings. The summed E-state index contributed by atoms with van der Waals surface area (Å²) in [6.07, 6.45) is 1.52. The van der Waals surface area contributed by atoms with Crippen LogP contribution in [-0.2, 0) is 6.54 Å². The number of anilines is 1. The molecular weight excluding hydrogens is 312 g/mol. The molecule has 2 N–H and O–H groups in total. The van der Waals surface area contributed by atoms with Crippen LogP contribution in [0.15, 0.2) is 53.5 Å². The van der Waals surface area contributed by atoms with Crippen LogP contribution in [-0.4, -0.2) is 19.9 Å². The minimum absolute atomic E-state index is 0.186. The zero-order chi connectivity index (χ0) is 15.8. The lowest BCUT2D eigenvalue weighted by atomic mass is 10.2. The fourth-order valence-corrected chi connectivity index (χ4v) is 3.48. The molecule has 0 aliphatic heterocycles. The van der Waals surface area contributed by atoms with Crippen molar-refractivity contribution in [2.75, 3.05) is 5.32 Å². The van der Waals surface area contributed by atoms with E-state index in [1.54, 1.807) is 23.5 Å². The van der Waals surface area contributed by atoms with Crippen molar-refractivity contribution in [3.8, 4) is 0 Å². The van der Waals surface area contributed by atoms with Crippen LogP contribution in [0.2, 0.25) is 0 Å². The Kier molecular flexibility index (Phi) is 3.20. The predicted octanol–water partition coefficient (Wildman–Crippen LogP) is 2.86. The number of hydrogen-bond donors (Lipinski definition) is 2.